The van der Waals surface area contributed by atoms with E-state index in [1.165, 1.54) is 12.3 Å². The van der Waals surface area contributed by atoms with E-state index in [0.29, 0.717) is 40.9 Å². The molecule has 0 saturated carbocycles. The molecule has 0 fully saturated rings. The van der Waals surface area contributed by atoms with Crippen molar-refractivity contribution in [2.75, 3.05) is 12.3 Å². The van der Waals surface area contributed by atoms with Gasteiger partial charge in [-0.3, -0.25) is 4.98 Å². The van der Waals surface area contributed by atoms with Crippen LogP contribution in [0.1, 0.15) is 12.5 Å². The third kappa shape index (κ3) is 3.44. The molecule has 0 radical (unpaired) electrons. The summed E-state index contributed by atoms with van der Waals surface area (Å²) in [6.07, 6.45) is 4.25. The molecule has 4 rings (SSSR count). The van der Waals surface area contributed by atoms with Crippen molar-refractivity contribution < 1.29 is 9.13 Å². The van der Waals surface area contributed by atoms with E-state index in [1.54, 1.807) is 16.8 Å². The Kier molecular flexibility index (Phi) is 4.74. The summed E-state index contributed by atoms with van der Waals surface area (Å²) in [5.74, 6) is 0.146. The maximum absolute atomic E-state index is 13.8. The monoisotopic (exact) mass is 399 g/mol. The van der Waals surface area contributed by atoms with E-state index < -0.39 is 5.82 Å². The van der Waals surface area contributed by atoms with Gasteiger partial charge in [0, 0.05) is 18.0 Å². The summed E-state index contributed by atoms with van der Waals surface area (Å²) in [5.41, 5.74) is 8.26. The number of hydrogen-bond donors (Lipinski definition) is 1. The predicted octanol–water partition coefficient (Wildman–Crippen LogP) is 3.11. The lowest BCUT2D eigenvalue weighted by atomic mass is 10.2. The smallest absolute Gasteiger partial charge is 0.320 e. The molecule has 0 aliphatic heterocycles. The van der Waals surface area contributed by atoms with Gasteiger partial charge in [-0.2, -0.15) is 9.97 Å². The van der Waals surface area contributed by atoms with Crippen LogP contribution in [0.5, 0.6) is 6.01 Å². The lowest BCUT2D eigenvalue weighted by Crippen LogP contribution is -2.06. The average Bonchev–Trinajstić information content (AvgIpc) is 3.01. The molecule has 10 heteroatoms. The first-order valence-electron chi connectivity index (χ1n) is 8.43. The highest BCUT2D eigenvalue weighted by atomic mass is 35.5. The van der Waals surface area contributed by atoms with Crippen molar-refractivity contribution in [2.24, 2.45) is 0 Å². The number of ether oxygens (including phenoxy) is 1. The molecular weight excluding hydrogens is 385 g/mol. The van der Waals surface area contributed by atoms with Crippen molar-refractivity contribution >= 4 is 28.6 Å². The Morgan fingerprint density at radius 2 is 2.07 bits per heavy atom. The van der Waals surface area contributed by atoms with Gasteiger partial charge in [0.1, 0.15) is 16.8 Å². The topological polar surface area (TPSA) is 105 Å². The zero-order valence-electron chi connectivity index (χ0n) is 14.8. The van der Waals surface area contributed by atoms with E-state index in [9.17, 15) is 4.39 Å². The zero-order chi connectivity index (χ0) is 19.7. The number of nitrogens with two attached hydrogens (primary N) is 1. The molecule has 0 amide bonds. The molecule has 4 heterocycles. The van der Waals surface area contributed by atoms with Crippen molar-refractivity contribution in [3.63, 3.8) is 0 Å². The highest BCUT2D eigenvalue weighted by Crippen LogP contribution is 2.28. The second kappa shape index (κ2) is 7.35. The number of imidazole rings is 1. The first-order valence-corrected chi connectivity index (χ1v) is 8.81. The minimum Gasteiger partial charge on any atom is -0.464 e. The molecule has 2 N–H and O–H groups in total. The highest BCUT2D eigenvalue weighted by Gasteiger charge is 2.19. The summed E-state index contributed by atoms with van der Waals surface area (Å²) < 4.78 is 21.0. The molecule has 0 bridgehead atoms. The summed E-state index contributed by atoms with van der Waals surface area (Å²) >= 11 is 6.01. The molecule has 0 aromatic carbocycles. The lowest BCUT2D eigenvalue weighted by Gasteiger charge is -2.10. The molecule has 28 heavy (non-hydrogen) atoms. The fourth-order valence-electron chi connectivity index (χ4n) is 2.82. The third-order valence-electron chi connectivity index (χ3n) is 3.97. The summed E-state index contributed by atoms with van der Waals surface area (Å²) in [7, 11) is 0. The molecule has 0 unspecified atom stereocenters. The highest BCUT2D eigenvalue weighted by molar-refractivity contribution is 6.29. The first-order chi connectivity index (χ1) is 13.5. The summed E-state index contributed by atoms with van der Waals surface area (Å²) in [5, 5.41) is 0.361. The minimum atomic E-state index is -0.475. The fraction of sp³-hybridized carbons (Fsp3) is 0.167. The van der Waals surface area contributed by atoms with Crippen molar-refractivity contribution in [1.82, 2.24) is 29.5 Å². The molecule has 0 spiro atoms. The number of hydrogen-bond acceptors (Lipinski definition) is 7. The number of aromatic nitrogens is 6. The van der Waals surface area contributed by atoms with Gasteiger partial charge in [-0.05, 0) is 30.7 Å². The normalized spacial score (nSPS) is 11.1. The van der Waals surface area contributed by atoms with Crippen LogP contribution in [0.4, 0.5) is 10.2 Å². The van der Waals surface area contributed by atoms with Crippen LogP contribution < -0.4 is 10.5 Å². The molecule has 8 nitrogen and oxygen atoms in total. The second-order valence-corrected chi connectivity index (χ2v) is 6.28. The number of anilines is 1. The zero-order valence-corrected chi connectivity index (χ0v) is 15.6. The molecule has 0 atom stereocenters. The van der Waals surface area contributed by atoms with Gasteiger partial charge in [-0.1, -0.05) is 11.6 Å². The van der Waals surface area contributed by atoms with E-state index in [1.807, 2.05) is 13.0 Å². The average molecular weight is 400 g/mol. The van der Waals surface area contributed by atoms with E-state index >= 15 is 0 Å². The van der Waals surface area contributed by atoms with Crippen LogP contribution in [0, 0.1) is 5.82 Å². The SMILES string of the molecule is CCOc1nc(N)c2nc(-c3cncc(F)c3)n(Cc3ccnc(Cl)c3)c2n1. The Morgan fingerprint density at radius 3 is 2.82 bits per heavy atom. The van der Waals surface area contributed by atoms with Gasteiger partial charge < -0.3 is 15.0 Å². The molecule has 4 aromatic heterocycles. The Labute approximate surface area is 164 Å². The van der Waals surface area contributed by atoms with Crippen LogP contribution in [0.25, 0.3) is 22.6 Å². The number of fused-ring (bicyclic) bond motifs is 1. The van der Waals surface area contributed by atoms with Crippen LogP contribution in [-0.4, -0.2) is 36.1 Å². The van der Waals surface area contributed by atoms with Crippen molar-refractivity contribution in [2.45, 2.75) is 13.5 Å². The number of pyridine rings is 2. The van der Waals surface area contributed by atoms with Crippen molar-refractivity contribution in [3.8, 4) is 17.4 Å². The molecule has 0 saturated heterocycles. The quantitative estimate of drug-likeness (QED) is 0.514. The van der Waals surface area contributed by atoms with Gasteiger partial charge in [-0.25, -0.2) is 14.4 Å². The first kappa shape index (κ1) is 18.1. The second-order valence-electron chi connectivity index (χ2n) is 5.90. The van der Waals surface area contributed by atoms with E-state index in [2.05, 4.69) is 24.9 Å². The molecule has 0 aliphatic carbocycles. The fourth-order valence-corrected chi connectivity index (χ4v) is 3.02. The summed E-state index contributed by atoms with van der Waals surface area (Å²) in [4.78, 5) is 21.0. The maximum Gasteiger partial charge on any atom is 0.320 e. The number of halogens is 2. The third-order valence-corrected chi connectivity index (χ3v) is 4.18. The summed E-state index contributed by atoms with van der Waals surface area (Å²) in [6.45, 7) is 2.57. The van der Waals surface area contributed by atoms with E-state index in [0.717, 1.165) is 11.8 Å². The maximum atomic E-state index is 13.8. The largest absolute Gasteiger partial charge is 0.464 e. The molecule has 4 aromatic rings. The van der Waals surface area contributed by atoms with Crippen molar-refractivity contribution in [3.05, 3.63) is 53.3 Å². The van der Waals surface area contributed by atoms with E-state index in [4.69, 9.17) is 22.1 Å². The minimum absolute atomic E-state index is 0.144. The lowest BCUT2D eigenvalue weighted by molar-refractivity contribution is 0.314. The number of rotatable bonds is 5. The number of nitrogen functional groups attached to an aromatic ring is 1. The van der Waals surface area contributed by atoms with Crippen molar-refractivity contribution in [1.29, 1.82) is 0 Å². The van der Waals surface area contributed by atoms with Gasteiger partial charge in [0.15, 0.2) is 17.0 Å². The van der Waals surface area contributed by atoms with Gasteiger partial charge >= 0.3 is 6.01 Å². The van der Waals surface area contributed by atoms with Crippen LogP contribution in [0.3, 0.4) is 0 Å². The van der Waals surface area contributed by atoms with Gasteiger partial charge in [-0.15, -0.1) is 0 Å². The van der Waals surface area contributed by atoms with Crippen LogP contribution >= 0.6 is 11.6 Å². The Balaban J connectivity index is 1.95. The van der Waals surface area contributed by atoms with Gasteiger partial charge in [0.05, 0.1) is 19.3 Å². The van der Waals surface area contributed by atoms with Crippen LogP contribution in [0.15, 0.2) is 36.8 Å². The predicted molar refractivity (Wildman–Crippen MR) is 102 cm³/mol. The molecular formula is C18H15ClFN7O. The summed E-state index contributed by atoms with van der Waals surface area (Å²) in [6, 6.07) is 5.04. The Morgan fingerprint density at radius 1 is 1.21 bits per heavy atom. The van der Waals surface area contributed by atoms with Crippen LogP contribution in [-0.2, 0) is 6.54 Å². The Hall–Kier alpha value is -3.33. The van der Waals surface area contributed by atoms with Gasteiger partial charge in [0.2, 0.25) is 0 Å². The molecule has 0 aliphatic rings. The number of nitrogens with zero attached hydrogens (tertiary/aromatic N) is 6. The van der Waals surface area contributed by atoms with Gasteiger partial charge in [0.25, 0.3) is 0 Å². The van der Waals surface area contributed by atoms with E-state index in [-0.39, 0.29) is 11.8 Å². The van der Waals surface area contributed by atoms with Crippen LogP contribution in [0.2, 0.25) is 5.15 Å². The molecule has 142 valence electrons. The standard InChI is InChI=1S/C18H15ClFN7O/c1-2-28-18-25-15(21)14-17(26-18)27(9-10-3-4-23-13(19)5-10)16(24-14)11-6-12(20)8-22-7-11/h3-8H,2,9H2,1H3,(H2,21,25,26). The Bertz CT molecular complexity index is 1160.